The summed E-state index contributed by atoms with van der Waals surface area (Å²) in [6, 6.07) is 7.85. The third kappa shape index (κ3) is 3.49. The summed E-state index contributed by atoms with van der Waals surface area (Å²) in [5.41, 5.74) is 1.66. The molecule has 3 aliphatic heterocycles. The minimum absolute atomic E-state index is 0.0107. The van der Waals surface area contributed by atoms with Crippen molar-refractivity contribution in [2.24, 2.45) is 16.7 Å². The molecular weight excluding hydrogens is 376 g/mol. The van der Waals surface area contributed by atoms with Crippen molar-refractivity contribution in [3.05, 3.63) is 29.8 Å². The quantitative estimate of drug-likeness (QED) is 0.828. The van der Waals surface area contributed by atoms with Gasteiger partial charge in [0.15, 0.2) is 0 Å². The van der Waals surface area contributed by atoms with E-state index in [-0.39, 0.29) is 16.9 Å². The van der Waals surface area contributed by atoms with E-state index in [2.05, 4.69) is 24.1 Å². The molecule has 1 unspecified atom stereocenters. The van der Waals surface area contributed by atoms with Crippen LogP contribution in [0.5, 0.6) is 0 Å². The molecular formula is C24H36N4O2. The lowest BCUT2D eigenvalue weighted by atomic mass is 9.60. The van der Waals surface area contributed by atoms with Crippen LogP contribution in [0.1, 0.15) is 38.7 Å². The predicted octanol–water partition coefficient (Wildman–Crippen LogP) is 3.43. The van der Waals surface area contributed by atoms with Gasteiger partial charge in [-0.3, -0.25) is 4.79 Å². The Hall–Kier alpha value is -2.08. The fourth-order valence-electron chi connectivity index (χ4n) is 6.08. The highest BCUT2D eigenvalue weighted by Crippen LogP contribution is 2.57. The Labute approximate surface area is 180 Å². The smallest absolute Gasteiger partial charge is 0.321 e. The molecule has 0 radical (unpaired) electrons. The van der Waals surface area contributed by atoms with E-state index in [1.807, 2.05) is 48.0 Å². The van der Waals surface area contributed by atoms with Crippen LogP contribution in [0.15, 0.2) is 24.3 Å². The van der Waals surface area contributed by atoms with Crippen molar-refractivity contribution in [2.75, 3.05) is 51.6 Å². The van der Waals surface area contributed by atoms with Crippen LogP contribution >= 0.6 is 0 Å². The molecule has 2 spiro atoms. The molecule has 0 bridgehead atoms. The normalized spacial score (nSPS) is 26.4. The first kappa shape index (κ1) is 21.2. The molecule has 0 aromatic heterocycles. The number of rotatable bonds is 3. The highest BCUT2D eigenvalue weighted by Gasteiger charge is 2.64. The van der Waals surface area contributed by atoms with Gasteiger partial charge in [-0.1, -0.05) is 32.0 Å². The summed E-state index contributed by atoms with van der Waals surface area (Å²) in [6.45, 7) is 11.7. The Bertz CT molecular complexity index is 815. The van der Waals surface area contributed by atoms with Gasteiger partial charge in [-0.15, -0.1) is 0 Å². The van der Waals surface area contributed by atoms with E-state index < -0.39 is 0 Å². The number of hydrogen-bond donors (Lipinski definition) is 1. The molecule has 1 atom stereocenters. The van der Waals surface area contributed by atoms with Crippen molar-refractivity contribution in [1.29, 1.82) is 0 Å². The number of nitrogens with one attached hydrogen (secondary N) is 1. The van der Waals surface area contributed by atoms with Crippen LogP contribution in [0.4, 0.5) is 10.5 Å². The summed E-state index contributed by atoms with van der Waals surface area (Å²) in [5, 5.41) is 3.07. The van der Waals surface area contributed by atoms with E-state index in [0.29, 0.717) is 24.9 Å². The molecule has 1 N–H and O–H groups in total. The Kier molecular flexibility index (Phi) is 5.56. The molecule has 164 valence electrons. The Balaban J connectivity index is 1.49. The molecule has 6 heteroatoms. The average molecular weight is 413 g/mol. The molecule has 3 fully saturated rings. The highest BCUT2D eigenvalue weighted by atomic mass is 16.2. The minimum atomic E-state index is -0.269. The standard InChI is InChI=1S/C24H36N4O2/c1-18(2)15-27-16-23(24(17-27)11-12-26(4)21(24)29)9-13-28(14-10-23)22(30)25-20-8-6-5-7-19(20)3/h5-8,18H,9-17H2,1-4H3,(H,25,30). The van der Waals surface area contributed by atoms with Crippen LogP contribution in [-0.2, 0) is 4.79 Å². The van der Waals surface area contributed by atoms with E-state index >= 15 is 0 Å². The van der Waals surface area contributed by atoms with Gasteiger partial charge >= 0.3 is 6.03 Å². The van der Waals surface area contributed by atoms with Crippen LogP contribution in [-0.4, -0.2) is 73.0 Å². The zero-order chi connectivity index (χ0) is 21.5. The molecule has 0 aliphatic carbocycles. The number of benzene rings is 1. The van der Waals surface area contributed by atoms with Gasteiger partial charge in [0.25, 0.3) is 0 Å². The molecule has 3 heterocycles. The maximum absolute atomic E-state index is 13.3. The van der Waals surface area contributed by atoms with Crippen LogP contribution in [0, 0.1) is 23.7 Å². The van der Waals surface area contributed by atoms with Gasteiger partial charge in [0, 0.05) is 57.4 Å². The van der Waals surface area contributed by atoms with Gasteiger partial charge in [-0.25, -0.2) is 4.79 Å². The van der Waals surface area contributed by atoms with Gasteiger partial charge in [0.2, 0.25) is 5.91 Å². The lowest BCUT2D eigenvalue weighted by molar-refractivity contribution is -0.141. The molecule has 3 amide bonds. The summed E-state index contributed by atoms with van der Waals surface area (Å²) >= 11 is 0. The van der Waals surface area contributed by atoms with Crippen molar-refractivity contribution in [1.82, 2.24) is 14.7 Å². The number of urea groups is 1. The van der Waals surface area contributed by atoms with E-state index in [4.69, 9.17) is 0 Å². The summed E-state index contributed by atoms with van der Waals surface area (Å²) in [6.07, 6.45) is 2.76. The summed E-state index contributed by atoms with van der Waals surface area (Å²) < 4.78 is 0. The largest absolute Gasteiger partial charge is 0.345 e. The van der Waals surface area contributed by atoms with Gasteiger partial charge in [-0.05, 0) is 43.7 Å². The number of amides is 3. The number of aryl methyl sites for hydroxylation is 1. The Morgan fingerprint density at radius 3 is 2.40 bits per heavy atom. The lowest BCUT2D eigenvalue weighted by Gasteiger charge is -2.47. The molecule has 1 aromatic carbocycles. The molecule has 4 rings (SSSR count). The SMILES string of the molecule is Cc1ccccc1NC(=O)N1CCC2(CC1)CN(CC(C)C)CC21CCN(C)C1=O. The number of anilines is 1. The second kappa shape index (κ2) is 7.88. The predicted molar refractivity (Wildman–Crippen MR) is 119 cm³/mol. The first-order chi connectivity index (χ1) is 14.3. The zero-order valence-electron chi connectivity index (χ0n) is 18.9. The number of piperidine rings is 1. The van der Waals surface area contributed by atoms with Gasteiger partial charge in [0.05, 0.1) is 5.41 Å². The second-order valence-corrected chi connectivity index (χ2v) is 10.1. The molecule has 1 aromatic rings. The van der Waals surface area contributed by atoms with Crippen LogP contribution in [0.3, 0.4) is 0 Å². The van der Waals surface area contributed by atoms with E-state index in [0.717, 1.165) is 56.7 Å². The highest BCUT2D eigenvalue weighted by molar-refractivity contribution is 5.90. The maximum Gasteiger partial charge on any atom is 0.321 e. The monoisotopic (exact) mass is 412 g/mol. The summed E-state index contributed by atoms with van der Waals surface area (Å²) in [4.78, 5) is 32.6. The maximum atomic E-state index is 13.3. The second-order valence-electron chi connectivity index (χ2n) is 10.1. The first-order valence-electron chi connectivity index (χ1n) is 11.4. The molecule has 3 aliphatic rings. The van der Waals surface area contributed by atoms with E-state index in [9.17, 15) is 9.59 Å². The number of nitrogens with zero attached hydrogens (tertiary/aromatic N) is 3. The third-order valence-corrected chi connectivity index (χ3v) is 7.68. The van der Waals surface area contributed by atoms with Crippen LogP contribution in [0.25, 0.3) is 0 Å². The van der Waals surface area contributed by atoms with Gasteiger partial charge in [-0.2, -0.15) is 0 Å². The van der Waals surface area contributed by atoms with Crippen molar-refractivity contribution in [2.45, 2.75) is 40.0 Å². The number of hydrogen-bond acceptors (Lipinski definition) is 3. The van der Waals surface area contributed by atoms with Crippen molar-refractivity contribution < 1.29 is 9.59 Å². The fourth-order valence-corrected chi connectivity index (χ4v) is 6.08. The molecule has 3 saturated heterocycles. The third-order valence-electron chi connectivity index (χ3n) is 7.68. The van der Waals surface area contributed by atoms with Crippen molar-refractivity contribution in [3.8, 4) is 0 Å². The molecule has 30 heavy (non-hydrogen) atoms. The summed E-state index contributed by atoms with van der Waals surface area (Å²) in [5.74, 6) is 0.915. The number of carbonyl (C=O) groups excluding carboxylic acids is 2. The van der Waals surface area contributed by atoms with E-state index in [1.54, 1.807) is 0 Å². The van der Waals surface area contributed by atoms with Gasteiger partial charge in [0.1, 0.15) is 0 Å². The first-order valence-corrected chi connectivity index (χ1v) is 11.4. The number of para-hydroxylation sites is 1. The van der Waals surface area contributed by atoms with E-state index in [1.165, 1.54) is 0 Å². The Morgan fingerprint density at radius 2 is 1.80 bits per heavy atom. The molecule has 0 saturated carbocycles. The Morgan fingerprint density at radius 1 is 1.10 bits per heavy atom. The fraction of sp³-hybridized carbons (Fsp3) is 0.667. The van der Waals surface area contributed by atoms with Crippen LogP contribution in [0.2, 0.25) is 0 Å². The van der Waals surface area contributed by atoms with Crippen molar-refractivity contribution in [3.63, 3.8) is 0 Å². The van der Waals surface area contributed by atoms with Crippen LogP contribution < -0.4 is 5.32 Å². The number of carbonyl (C=O) groups is 2. The molecule has 6 nitrogen and oxygen atoms in total. The summed E-state index contributed by atoms with van der Waals surface area (Å²) in [7, 11) is 1.95. The number of likely N-dealkylation sites (tertiary alicyclic amines) is 3. The minimum Gasteiger partial charge on any atom is -0.345 e. The lowest BCUT2D eigenvalue weighted by Crippen LogP contribution is -2.54. The average Bonchev–Trinajstić information content (AvgIpc) is 3.15. The van der Waals surface area contributed by atoms with Crippen molar-refractivity contribution >= 4 is 17.6 Å². The topological polar surface area (TPSA) is 55.9 Å². The number of fused-ring (bicyclic) bond motifs is 1. The van der Waals surface area contributed by atoms with Gasteiger partial charge < -0.3 is 20.0 Å². The zero-order valence-corrected chi connectivity index (χ0v) is 18.9.